The summed E-state index contributed by atoms with van der Waals surface area (Å²) in [6, 6.07) is 29.2. The number of alkyl carbamates (subject to hydrolysis) is 1. The van der Waals surface area contributed by atoms with E-state index in [0.29, 0.717) is 24.1 Å². The minimum Gasteiger partial charge on any atom is -0.449 e. The standard InChI is InChI=1S/C33H25NO4/c35-31-27-15-6-5-14-26(27)29-19-21(16-17-28(29)32(31)36)9-7-8-18-34-33(37)38-20-30-24-12-3-1-10-22(24)23-11-2-4-13-25(23)30/h1-7,9-17,19,30H,8,18,20H2,(H,34,37). The topological polar surface area (TPSA) is 72.5 Å². The number of rotatable bonds is 6. The largest absolute Gasteiger partial charge is 0.449 e. The molecule has 0 fully saturated rings. The van der Waals surface area contributed by atoms with Crippen LogP contribution in [0.5, 0.6) is 0 Å². The molecule has 4 aromatic rings. The molecule has 186 valence electrons. The average Bonchev–Trinajstić information content (AvgIpc) is 3.28. The second kappa shape index (κ2) is 9.94. The van der Waals surface area contributed by atoms with Gasteiger partial charge in [-0.05, 0) is 57.5 Å². The van der Waals surface area contributed by atoms with Crippen LogP contribution in [0.4, 0.5) is 4.79 Å². The van der Waals surface area contributed by atoms with Crippen LogP contribution in [0.25, 0.3) is 28.3 Å². The summed E-state index contributed by atoms with van der Waals surface area (Å²) >= 11 is 0. The van der Waals surface area contributed by atoms with Gasteiger partial charge in [0.15, 0.2) is 0 Å². The molecule has 38 heavy (non-hydrogen) atoms. The van der Waals surface area contributed by atoms with E-state index in [-0.39, 0.29) is 12.5 Å². The molecule has 0 radical (unpaired) electrons. The molecule has 0 bridgehead atoms. The van der Waals surface area contributed by atoms with Crippen molar-refractivity contribution >= 4 is 23.7 Å². The Hall–Kier alpha value is -4.77. The fourth-order valence-corrected chi connectivity index (χ4v) is 5.37. The van der Waals surface area contributed by atoms with Gasteiger partial charge in [-0.1, -0.05) is 91.0 Å². The molecule has 1 N–H and O–H groups in total. The number of carbonyl (C=O) groups excluding carboxylic acids is 3. The second-order valence-corrected chi connectivity index (χ2v) is 9.45. The van der Waals surface area contributed by atoms with Crippen molar-refractivity contribution in [2.75, 3.05) is 13.2 Å². The van der Waals surface area contributed by atoms with Crippen LogP contribution in [-0.4, -0.2) is 30.8 Å². The molecular formula is C33H25NO4. The summed E-state index contributed by atoms with van der Waals surface area (Å²) in [5.74, 6) is -0.901. The minimum absolute atomic E-state index is 0.0318. The van der Waals surface area contributed by atoms with Crippen molar-refractivity contribution in [1.82, 2.24) is 5.32 Å². The van der Waals surface area contributed by atoms with Gasteiger partial charge in [-0.15, -0.1) is 0 Å². The molecule has 6 rings (SSSR count). The number of hydrogen-bond donors (Lipinski definition) is 1. The fraction of sp³-hybridized carbons (Fsp3) is 0.121. The highest BCUT2D eigenvalue weighted by atomic mass is 16.5. The van der Waals surface area contributed by atoms with Crippen LogP contribution in [0.3, 0.4) is 0 Å². The number of carbonyl (C=O) groups is 3. The molecule has 0 saturated heterocycles. The summed E-state index contributed by atoms with van der Waals surface area (Å²) in [6.45, 7) is 0.724. The molecule has 0 aromatic heterocycles. The number of Topliss-reactive ketones (excluding diaryl/α,β-unsaturated/α-hetero) is 2. The van der Waals surface area contributed by atoms with Gasteiger partial charge in [0.2, 0.25) is 11.6 Å². The first-order valence-electron chi connectivity index (χ1n) is 12.7. The Morgan fingerprint density at radius 1 is 0.711 bits per heavy atom. The molecule has 5 heteroatoms. The Morgan fingerprint density at radius 3 is 1.97 bits per heavy atom. The highest BCUT2D eigenvalue weighted by Crippen LogP contribution is 2.44. The maximum Gasteiger partial charge on any atom is 0.407 e. The number of ether oxygens (including phenoxy) is 1. The Balaban J connectivity index is 1.04. The minimum atomic E-state index is -0.471. The van der Waals surface area contributed by atoms with Gasteiger partial charge in [-0.25, -0.2) is 4.79 Å². The third-order valence-corrected chi connectivity index (χ3v) is 7.19. The van der Waals surface area contributed by atoms with Gasteiger partial charge in [-0.2, -0.15) is 0 Å². The lowest BCUT2D eigenvalue weighted by atomic mass is 9.83. The molecule has 5 nitrogen and oxygen atoms in total. The van der Waals surface area contributed by atoms with Crippen molar-refractivity contribution in [3.8, 4) is 22.3 Å². The number of hydrogen-bond acceptors (Lipinski definition) is 4. The Kier molecular flexibility index (Phi) is 6.18. The maximum absolute atomic E-state index is 12.5. The molecule has 0 unspecified atom stereocenters. The quantitative estimate of drug-likeness (QED) is 0.237. The summed E-state index contributed by atoms with van der Waals surface area (Å²) in [6.07, 6.45) is 4.10. The van der Waals surface area contributed by atoms with Crippen LogP contribution in [-0.2, 0) is 4.74 Å². The van der Waals surface area contributed by atoms with Gasteiger partial charge >= 0.3 is 6.09 Å². The smallest absolute Gasteiger partial charge is 0.407 e. The number of nitrogens with one attached hydrogen (secondary N) is 1. The van der Waals surface area contributed by atoms with E-state index < -0.39 is 17.7 Å². The SMILES string of the molecule is O=C(NCCC=Cc1ccc2c(c1)-c1ccccc1C(=O)C2=O)OCC1c2ccccc2-c2ccccc21. The second-order valence-electron chi connectivity index (χ2n) is 9.45. The average molecular weight is 500 g/mol. The van der Waals surface area contributed by atoms with Gasteiger partial charge in [-0.3, -0.25) is 9.59 Å². The van der Waals surface area contributed by atoms with Gasteiger partial charge < -0.3 is 10.1 Å². The molecule has 2 aliphatic carbocycles. The van der Waals surface area contributed by atoms with Crippen LogP contribution in [0.1, 0.15) is 49.7 Å². The van der Waals surface area contributed by atoms with Gasteiger partial charge in [0.05, 0.1) is 0 Å². The normalized spacial score (nSPS) is 13.6. The van der Waals surface area contributed by atoms with Crippen molar-refractivity contribution in [2.45, 2.75) is 12.3 Å². The highest BCUT2D eigenvalue weighted by Gasteiger charge is 2.30. The van der Waals surface area contributed by atoms with Crippen molar-refractivity contribution in [2.24, 2.45) is 0 Å². The summed E-state index contributed by atoms with van der Waals surface area (Å²) < 4.78 is 5.59. The van der Waals surface area contributed by atoms with Crippen molar-refractivity contribution in [1.29, 1.82) is 0 Å². The van der Waals surface area contributed by atoms with E-state index in [4.69, 9.17) is 4.74 Å². The van der Waals surface area contributed by atoms with Crippen LogP contribution in [0.15, 0.2) is 97.1 Å². The molecule has 2 aliphatic rings. The summed E-state index contributed by atoms with van der Waals surface area (Å²) in [4.78, 5) is 37.3. The lowest BCUT2D eigenvalue weighted by molar-refractivity contribution is 0.0815. The lowest BCUT2D eigenvalue weighted by Gasteiger charge is -2.18. The molecular weight excluding hydrogens is 474 g/mol. The van der Waals surface area contributed by atoms with Crippen LogP contribution < -0.4 is 5.32 Å². The van der Waals surface area contributed by atoms with E-state index in [1.807, 2.05) is 60.7 Å². The fourth-order valence-electron chi connectivity index (χ4n) is 5.37. The Morgan fingerprint density at radius 2 is 1.29 bits per heavy atom. The first-order valence-corrected chi connectivity index (χ1v) is 12.7. The predicted octanol–water partition coefficient (Wildman–Crippen LogP) is 6.67. The Labute approximate surface area is 220 Å². The molecule has 0 spiro atoms. The van der Waals surface area contributed by atoms with E-state index >= 15 is 0 Å². The van der Waals surface area contributed by atoms with E-state index in [1.165, 1.54) is 22.3 Å². The number of benzene rings is 4. The first kappa shape index (κ1) is 23.6. The van der Waals surface area contributed by atoms with E-state index in [0.717, 1.165) is 16.7 Å². The van der Waals surface area contributed by atoms with E-state index in [1.54, 1.807) is 18.2 Å². The van der Waals surface area contributed by atoms with E-state index in [2.05, 4.69) is 29.6 Å². The molecule has 0 heterocycles. The number of fused-ring (bicyclic) bond motifs is 6. The lowest BCUT2D eigenvalue weighted by Crippen LogP contribution is -2.26. The summed E-state index contributed by atoms with van der Waals surface area (Å²) in [5.41, 5.74) is 8.10. The zero-order valence-corrected chi connectivity index (χ0v) is 20.6. The third-order valence-electron chi connectivity index (χ3n) is 7.19. The number of amides is 1. The van der Waals surface area contributed by atoms with Crippen LogP contribution >= 0.6 is 0 Å². The monoisotopic (exact) mass is 499 g/mol. The van der Waals surface area contributed by atoms with Crippen molar-refractivity contribution in [3.05, 3.63) is 125 Å². The molecule has 4 aromatic carbocycles. The summed E-state index contributed by atoms with van der Waals surface area (Å²) in [5, 5.41) is 2.82. The first-order chi connectivity index (χ1) is 18.6. The predicted molar refractivity (Wildman–Crippen MR) is 147 cm³/mol. The molecule has 1 amide bonds. The number of ketones is 2. The van der Waals surface area contributed by atoms with Crippen LogP contribution in [0.2, 0.25) is 0 Å². The van der Waals surface area contributed by atoms with Gasteiger partial charge in [0.1, 0.15) is 6.61 Å². The van der Waals surface area contributed by atoms with E-state index in [9.17, 15) is 14.4 Å². The zero-order chi connectivity index (χ0) is 26.1. The third kappa shape index (κ3) is 4.22. The van der Waals surface area contributed by atoms with Crippen LogP contribution in [0, 0.1) is 0 Å². The van der Waals surface area contributed by atoms with Gasteiger partial charge in [0.25, 0.3) is 0 Å². The maximum atomic E-state index is 12.5. The summed E-state index contributed by atoms with van der Waals surface area (Å²) in [7, 11) is 0. The van der Waals surface area contributed by atoms with Crippen molar-refractivity contribution < 1.29 is 19.1 Å². The zero-order valence-electron chi connectivity index (χ0n) is 20.6. The van der Waals surface area contributed by atoms with Gasteiger partial charge in [0, 0.05) is 23.6 Å². The highest BCUT2D eigenvalue weighted by molar-refractivity contribution is 6.53. The molecule has 0 saturated carbocycles. The molecule has 0 aliphatic heterocycles. The van der Waals surface area contributed by atoms with Crippen molar-refractivity contribution in [3.63, 3.8) is 0 Å². The molecule has 0 atom stereocenters. The Bertz CT molecular complexity index is 1570.